The lowest BCUT2D eigenvalue weighted by molar-refractivity contribution is -0.147. The molecule has 1 aromatic carbocycles. The van der Waals surface area contributed by atoms with E-state index in [4.69, 9.17) is 9.26 Å². The predicted octanol–water partition coefficient (Wildman–Crippen LogP) is 2.86. The van der Waals surface area contributed by atoms with Gasteiger partial charge in [-0.2, -0.15) is 4.98 Å². The number of carbonyl (C=O) groups is 1. The minimum atomic E-state index is -0.315. The van der Waals surface area contributed by atoms with E-state index >= 15 is 0 Å². The first-order chi connectivity index (χ1) is 12.1. The van der Waals surface area contributed by atoms with Crippen LogP contribution in [0.5, 0.6) is 0 Å². The molecule has 1 aliphatic heterocycles. The molecule has 25 heavy (non-hydrogen) atoms. The molecular formula is C19H25N3O3. The Labute approximate surface area is 148 Å². The largest absolute Gasteiger partial charge is 0.374 e. The van der Waals surface area contributed by atoms with E-state index in [-0.39, 0.29) is 18.1 Å². The summed E-state index contributed by atoms with van der Waals surface area (Å²) in [5.74, 6) is 1.11. The summed E-state index contributed by atoms with van der Waals surface area (Å²) in [7, 11) is 0. The van der Waals surface area contributed by atoms with Crippen molar-refractivity contribution in [1.29, 1.82) is 0 Å². The molecule has 1 fully saturated rings. The van der Waals surface area contributed by atoms with Gasteiger partial charge in [0.1, 0.15) is 6.04 Å². The zero-order valence-electron chi connectivity index (χ0n) is 15.1. The van der Waals surface area contributed by atoms with Crippen molar-refractivity contribution in [2.45, 2.75) is 52.2 Å². The molecule has 0 saturated carbocycles. The zero-order valence-corrected chi connectivity index (χ0v) is 15.1. The summed E-state index contributed by atoms with van der Waals surface area (Å²) in [5, 5.41) is 3.85. The molecule has 6 heteroatoms. The molecule has 2 atom stereocenters. The van der Waals surface area contributed by atoms with Crippen LogP contribution in [0, 0.1) is 6.92 Å². The first kappa shape index (κ1) is 17.6. The molecule has 134 valence electrons. The zero-order chi connectivity index (χ0) is 17.8. The van der Waals surface area contributed by atoms with E-state index < -0.39 is 0 Å². The van der Waals surface area contributed by atoms with Crippen LogP contribution in [0.3, 0.4) is 0 Å². The molecule has 6 nitrogen and oxygen atoms in total. The Morgan fingerprint density at radius 1 is 1.28 bits per heavy atom. The highest BCUT2D eigenvalue weighted by atomic mass is 16.5. The van der Waals surface area contributed by atoms with Crippen molar-refractivity contribution in [1.82, 2.24) is 15.0 Å². The molecule has 0 unspecified atom stereocenters. The average molecular weight is 343 g/mol. The lowest BCUT2D eigenvalue weighted by Gasteiger charge is -2.37. The van der Waals surface area contributed by atoms with Crippen molar-refractivity contribution in [2.75, 3.05) is 13.2 Å². The van der Waals surface area contributed by atoms with Gasteiger partial charge in [-0.05, 0) is 37.8 Å². The third-order valence-electron chi connectivity index (χ3n) is 4.67. The quantitative estimate of drug-likeness (QED) is 0.835. The fourth-order valence-electron chi connectivity index (χ4n) is 3.20. The average Bonchev–Trinajstić information content (AvgIpc) is 3.05. The summed E-state index contributed by atoms with van der Waals surface area (Å²) >= 11 is 0. The summed E-state index contributed by atoms with van der Waals surface area (Å²) in [5.41, 5.74) is 2.49. The SMILES string of the molecule is CCc1ccc(CCC(=O)N2CCO[C@H](C)[C@H]2c2nc(C)no2)cc1. The number of rotatable bonds is 5. The Bertz CT molecular complexity index is 711. The molecule has 0 N–H and O–H groups in total. The molecular weight excluding hydrogens is 318 g/mol. The van der Waals surface area contributed by atoms with Gasteiger partial charge in [0, 0.05) is 13.0 Å². The number of amides is 1. The van der Waals surface area contributed by atoms with E-state index in [0.29, 0.717) is 31.3 Å². The van der Waals surface area contributed by atoms with Gasteiger partial charge in [-0.1, -0.05) is 36.3 Å². The second-order valence-electron chi connectivity index (χ2n) is 6.46. The first-order valence-electron chi connectivity index (χ1n) is 8.87. The molecule has 1 amide bonds. The maximum absolute atomic E-state index is 12.8. The van der Waals surface area contributed by atoms with Crippen LogP contribution in [0.25, 0.3) is 0 Å². The van der Waals surface area contributed by atoms with Crippen LogP contribution in [0.2, 0.25) is 0 Å². The van der Waals surface area contributed by atoms with Crippen molar-refractivity contribution >= 4 is 5.91 Å². The molecule has 2 heterocycles. The fourth-order valence-corrected chi connectivity index (χ4v) is 3.20. The number of nitrogens with zero attached hydrogens (tertiary/aromatic N) is 3. The summed E-state index contributed by atoms with van der Waals surface area (Å²) in [6.45, 7) is 6.92. The highest BCUT2D eigenvalue weighted by molar-refractivity contribution is 5.77. The summed E-state index contributed by atoms with van der Waals surface area (Å²) < 4.78 is 11.0. The normalized spacial score (nSPS) is 20.7. The van der Waals surface area contributed by atoms with Crippen molar-refractivity contribution in [3.63, 3.8) is 0 Å². The number of hydrogen-bond acceptors (Lipinski definition) is 5. The Kier molecular flexibility index (Phi) is 5.48. The van der Waals surface area contributed by atoms with E-state index in [1.807, 2.05) is 11.8 Å². The smallest absolute Gasteiger partial charge is 0.252 e. The van der Waals surface area contributed by atoms with Gasteiger partial charge in [0.15, 0.2) is 5.82 Å². The van der Waals surface area contributed by atoms with Crippen LogP contribution < -0.4 is 0 Å². The molecule has 1 aliphatic rings. The lowest BCUT2D eigenvalue weighted by atomic mass is 10.0. The minimum absolute atomic E-state index is 0.0931. The van der Waals surface area contributed by atoms with Gasteiger partial charge in [0.25, 0.3) is 5.89 Å². The van der Waals surface area contributed by atoms with Crippen LogP contribution in [-0.4, -0.2) is 40.2 Å². The van der Waals surface area contributed by atoms with Gasteiger partial charge in [-0.3, -0.25) is 4.79 Å². The van der Waals surface area contributed by atoms with Gasteiger partial charge in [-0.25, -0.2) is 0 Å². The van der Waals surface area contributed by atoms with Crippen molar-refractivity contribution in [3.05, 3.63) is 47.1 Å². The fraction of sp³-hybridized carbons (Fsp3) is 0.526. The highest BCUT2D eigenvalue weighted by Gasteiger charge is 2.37. The Morgan fingerprint density at radius 3 is 2.64 bits per heavy atom. The second kappa shape index (κ2) is 7.78. The molecule has 0 radical (unpaired) electrons. The van der Waals surface area contributed by atoms with Crippen molar-refractivity contribution in [3.8, 4) is 0 Å². The summed E-state index contributed by atoms with van der Waals surface area (Å²) in [6.07, 6.45) is 2.05. The second-order valence-corrected chi connectivity index (χ2v) is 6.46. The van der Waals surface area contributed by atoms with E-state index in [0.717, 1.165) is 12.8 Å². The van der Waals surface area contributed by atoms with Crippen LogP contribution in [0.4, 0.5) is 0 Å². The number of ether oxygens (including phenoxy) is 1. The van der Waals surface area contributed by atoms with Crippen LogP contribution in [-0.2, 0) is 22.4 Å². The molecule has 0 spiro atoms. The van der Waals surface area contributed by atoms with Gasteiger partial charge in [0.2, 0.25) is 5.91 Å². The van der Waals surface area contributed by atoms with Crippen molar-refractivity contribution in [2.24, 2.45) is 0 Å². The number of carbonyl (C=O) groups excluding carboxylic acids is 1. The first-order valence-corrected chi connectivity index (χ1v) is 8.87. The minimum Gasteiger partial charge on any atom is -0.374 e. The Balaban J connectivity index is 1.67. The molecule has 0 aliphatic carbocycles. The Hall–Kier alpha value is -2.21. The van der Waals surface area contributed by atoms with E-state index in [9.17, 15) is 4.79 Å². The third-order valence-corrected chi connectivity index (χ3v) is 4.67. The molecule has 1 saturated heterocycles. The van der Waals surface area contributed by atoms with Gasteiger partial charge in [-0.15, -0.1) is 0 Å². The molecule has 1 aromatic heterocycles. The molecule has 0 bridgehead atoms. The summed E-state index contributed by atoms with van der Waals surface area (Å²) in [4.78, 5) is 18.9. The molecule has 3 rings (SSSR count). The van der Waals surface area contributed by atoms with Crippen molar-refractivity contribution < 1.29 is 14.1 Å². The monoisotopic (exact) mass is 343 g/mol. The number of hydrogen-bond donors (Lipinski definition) is 0. The Morgan fingerprint density at radius 2 is 2.00 bits per heavy atom. The predicted molar refractivity (Wildman–Crippen MR) is 93.0 cm³/mol. The number of benzene rings is 1. The van der Waals surface area contributed by atoms with Crippen LogP contribution >= 0.6 is 0 Å². The number of aryl methyl sites for hydroxylation is 3. The standard InChI is InChI=1S/C19H25N3O3/c1-4-15-5-7-16(8-6-15)9-10-17(23)22-11-12-24-13(2)18(22)19-20-14(3)21-25-19/h5-8,13,18H,4,9-12H2,1-3H3/t13-,18+/m1/s1. The van der Waals surface area contributed by atoms with Crippen LogP contribution in [0.15, 0.2) is 28.8 Å². The van der Waals surface area contributed by atoms with Gasteiger partial charge < -0.3 is 14.2 Å². The van der Waals surface area contributed by atoms with E-state index in [2.05, 4.69) is 41.3 Å². The topological polar surface area (TPSA) is 68.5 Å². The molecule has 2 aromatic rings. The van der Waals surface area contributed by atoms with Crippen LogP contribution in [0.1, 0.15) is 49.2 Å². The maximum Gasteiger partial charge on any atom is 0.252 e. The van der Waals surface area contributed by atoms with Gasteiger partial charge >= 0.3 is 0 Å². The third kappa shape index (κ3) is 4.07. The maximum atomic E-state index is 12.8. The lowest BCUT2D eigenvalue weighted by Crippen LogP contribution is -2.47. The number of morpholine rings is 1. The highest BCUT2D eigenvalue weighted by Crippen LogP contribution is 2.29. The van der Waals surface area contributed by atoms with Gasteiger partial charge in [0.05, 0.1) is 12.7 Å². The summed E-state index contributed by atoms with van der Waals surface area (Å²) in [6, 6.07) is 8.14. The van der Waals surface area contributed by atoms with E-state index in [1.165, 1.54) is 11.1 Å². The number of aromatic nitrogens is 2. The van der Waals surface area contributed by atoms with E-state index in [1.54, 1.807) is 6.92 Å².